The zero-order valence-electron chi connectivity index (χ0n) is 12.0. The Morgan fingerprint density at radius 1 is 1.43 bits per heavy atom. The lowest BCUT2D eigenvalue weighted by molar-refractivity contribution is -0.115. The fourth-order valence-corrected chi connectivity index (χ4v) is 4.17. The molecule has 1 unspecified atom stereocenters. The molecule has 21 heavy (non-hydrogen) atoms. The SMILES string of the molecule is CCSc1ccc(C2SCC(=O)N2c2cc(C)[nH]n2)cc1. The fraction of sp³-hybridized carbons (Fsp3) is 0.333. The molecule has 0 aliphatic carbocycles. The van der Waals surface area contributed by atoms with Crippen LogP contribution in [0.2, 0.25) is 0 Å². The number of aryl methyl sites for hydroxylation is 1. The first kappa shape index (κ1) is 14.5. The number of aromatic nitrogens is 2. The summed E-state index contributed by atoms with van der Waals surface area (Å²) in [6.07, 6.45) is 0. The van der Waals surface area contributed by atoms with E-state index in [0.29, 0.717) is 11.6 Å². The van der Waals surface area contributed by atoms with Crippen LogP contribution in [-0.2, 0) is 4.79 Å². The first-order valence-electron chi connectivity index (χ1n) is 6.87. The third kappa shape index (κ3) is 2.96. The number of benzene rings is 1. The Hall–Kier alpha value is -1.40. The van der Waals surface area contributed by atoms with E-state index >= 15 is 0 Å². The molecule has 6 heteroatoms. The Morgan fingerprint density at radius 3 is 2.81 bits per heavy atom. The summed E-state index contributed by atoms with van der Waals surface area (Å²) in [5.41, 5.74) is 2.11. The average molecular weight is 319 g/mol. The maximum Gasteiger partial charge on any atom is 0.239 e. The third-order valence-electron chi connectivity index (χ3n) is 3.28. The van der Waals surface area contributed by atoms with Gasteiger partial charge in [-0.3, -0.25) is 14.8 Å². The number of aromatic amines is 1. The van der Waals surface area contributed by atoms with Crippen LogP contribution in [0.4, 0.5) is 5.82 Å². The lowest BCUT2D eigenvalue weighted by Crippen LogP contribution is -2.28. The summed E-state index contributed by atoms with van der Waals surface area (Å²) >= 11 is 3.47. The second kappa shape index (κ2) is 6.15. The molecule has 1 amide bonds. The number of carbonyl (C=O) groups excluding carboxylic acids is 1. The molecule has 110 valence electrons. The van der Waals surface area contributed by atoms with Crippen molar-refractivity contribution in [3.8, 4) is 0 Å². The monoisotopic (exact) mass is 319 g/mol. The molecule has 0 spiro atoms. The maximum atomic E-state index is 12.2. The summed E-state index contributed by atoms with van der Waals surface area (Å²) in [6.45, 7) is 4.08. The maximum absolute atomic E-state index is 12.2. The van der Waals surface area contributed by atoms with Crippen LogP contribution in [0.3, 0.4) is 0 Å². The summed E-state index contributed by atoms with van der Waals surface area (Å²) < 4.78 is 0. The van der Waals surface area contributed by atoms with E-state index in [-0.39, 0.29) is 11.3 Å². The van der Waals surface area contributed by atoms with Gasteiger partial charge in [0.1, 0.15) is 5.37 Å². The van der Waals surface area contributed by atoms with Gasteiger partial charge in [-0.2, -0.15) is 5.10 Å². The number of carbonyl (C=O) groups is 1. The quantitative estimate of drug-likeness (QED) is 0.875. The van der Waals surface area contributed by atoms with Gasteiger partial charge in [0.2, 0.25) is 5.91 Å². The summed E-state index contributed by atoms with van der Waals surface area (Å²) in [5, 5.41) is 7.16. The van der Waals surface area contributed by atoms with Crippen molar-refractivity contribution in [2.75, 3.05) is 16.4 Å². The summed E-state index contributed by atoms with van der Waals surface area (Å²) in [5.74, 6) is 2.39. The van der Waals surface area contributed by atoms with Crippen molar-refractivity contribution in [2.45, 2.75) is 24.1 Å². The van der Waals surface area contributed by atoms with Gasteiger partial charge < -0.3 is 0 Å². The van der Waals surface area contributed by atoms with Gasteiger partial charge in [-0.05, 0) is 30.4 Å². The Labute approximate surface area is 132 Å². The van der Waals surface area contributed by atoms with Crippen molar-refractivity contribution in [1.82, 2.24) is 10.2 Å². The number of anilines is 1. The molecule has 2 heterocycles. The highest BCUT2D eigenvalue weighted by molar-refractivity contribution is 8.00. The van der Waals surface area contributed by atoms with E-state index in [4.69, 9.17) is 0 Å². The molecular weight excluding hydrogens is 302 g/mol. The van der Waals surface area contributed by atoms with E-state index in [1.54, 1.807) is 16.7 Å². The summed E-state index contributed by atoms with van der Waals surface area (Å²) in [4.78, 5) is 15.2. The highest BCUT2D eigenvalue weighted by Crippen LogP contribution is 2.41. The van der Waals surface area contributed by atoms with Crippen LogP contribution < -0.4 is 4.90 Å². The molecular formula is C15H17N3OS2. The van der Waals surface area contributed by atoms with Crippen molar-refractivity contribution in [1.29, 1.82) is 0 Å². The number of nitrogens with zero attached hydrogens (tertiary/aromatic N) is 2. The highest BCUT2D eigenvalue weighted by Gasteiger charge is 2.35. The number of H-pyrrole nitrogens is 1. The smallest absolute Gasteiger partial charge is 0.239 e. The highest BCUT2D eigenvalue weighted by atomic mass is 32.2. The minimum atomic E-state index is 0.0147. The van der Waals surface area contributed by atoms with Crippen LogP contribution in [-0.4, -0.2) is 27.6 Å². The molecule has 0 radical (unpaired) electrons. The van der Waals surface area contributed by atoms with Gasteiger partial charge in [-0.15, -0.1) is 23.5 Å². The van der Waals surface area contributed by atoms with Crippen LogP contribution >= 0.6 is 23.5 Å². The van der Waals surface area contributed by atoms with Gasteiger partial charge >= 0.3 is 0 Å². The molecule has 1 fully saturated rings. The minimum absolute atomic E-state index is 0.0147. The van der Waals surface area contributed by atoms with Gasteiger partial charge in [0.15, 0.2) is 5.82 Å². The summed E-state index contributed by atoms with van der Waals surface area (Å²) in [7, 11) is 0. The number of thioether (sulfide) groups is 2. The van der Waals surface area contributed by atoms with Gasteiger partial charge in [0.05, 0.1) is 5.75 Å². The standard InChI is InChI=1S/C15H17N3OS2/c1-3-20-12-6-4-11(5-7-12)15-18(14(19)9-21-15)13-8-10(2)16-17-13/h4-8,15H,3,9H2,1-2H3,(H,16,17). The van der Waals surface area contributed by atoms with Crippen LogP contribution in [0.1, 0.15) is 23.6 Å². The Bertz CT molecular complexity index is 639. The topological polar surface area (TPSA) is 49.0 Å². The van der Waals surface area contributed by atoms with E-state index in [1.807, 2.05) is 24.8 Å². The van der Waals surface area contributed by atoms with Crippen LogP contribution in [0.25, 0.3) is 0 Å². The molecule has 3 rings (SSSR count). The fourth-order valence-electron chi connectivity index (χ4n) is 2.34. The molecule has 1 saturated heterocycles. The number of nitrogens with one attached hydrogen (secondary N) is 1. The number of hydrogen-bond donors (Lipinski definition) is 1. The van der Waals surface area contributed by atoms with Gasteiger partial charge in [0.25, 0.3) is 0 Å². The largest absolute Gasteiger partial charge is 0.281 e. The molecule has 2 aromatic rings. The number of rotatable bonds is 4. The number of hydrogen-bond acceptors (Lipinski definition) is 4. The van der Waals surface area contributed by atoms with Crippen LogP contribution in [0, 0.1) is 6.92 Å². The van der Waals surface area contributed by atoms with E-state index in [9.17, 15) is 4.79 Å². The molecule has 1 aliphatic heterocycles. The summed E-state index contributed by atoms with van der Waals surface area (Å²) in [6, 6.07) is 10.4. The van der Waals surface area contributed by atoms with Crippen LogP contribution in [0.15, 0.2) is 35.2 Å². The van der Waals surface area contributed by atoms with Crippen molar-refractivity contribution < 1.29 is 4.79 Å². The first-order chi connectivity index (χ1) is 10.2. The van der Waals surface area contributed by atoms with Crippen molar-refractivity contribution >= 4 is 35.2 Å². The zero-order chi connectivity index (χ0) is 14.8. The van der Waals surface area contributed by atoms with Gasteiger partial charge in [-0.1, -0.05) is 19.1 Å². The Kier molecular flexibility index (Phi) is 4.26. The Balaban J connectivity index is 1.87. The lowest BCUT2D eigenvalue weighted by Gasteiger charge is -2.21. The van der Waals surface area contributed by atoms with Crippen molar-refractivity contribution in [3.63, 3.8) is 0 Å². The second-order valence-electron chi connectivity index (χ2n) is 4.84. The normalized spacial score (nSPS) is 18.5. The second-order valence-corrected chi connectivity index (χ2v) is 7.24. The molecule has 1 N–H and O–H groups in total. The Morgan fingerprint density at radius 2 is 2.19 bits per heavy atom. The molecule has 0 saturated carbocycles. The molecule has 1 aliphatic rings. The molecule has 1 aromatic carbocycles. The molecule has 1 atom stereocenters. The molecule has 1 aromatic heterocycles. The molecule has 0 bridgehead atoms. The lowest BCUT2D eigenvalue weighted by atomic mass is 10.2. The van der Waals surface area contributed by atoms with Crippen molar-refractivity contribution in [3.05, 3.63) is 41.6 Å². The van der Waals surface area contributed by atoms with E-state index < -0.39 is 0 Å². The predicted molar refractivity (Wildman–Crippen MR) is 88.8 cm³/mol. The first-order valence-corrected chi connectivity index (χ1v) is 8.91. The zero-order valence-corrected chi connectivity index (χ0v) is 13.6. The average Bonchev–Trinajstić information content (AvgIpc) is 3.06. The van der Waals surface area contributed by atoms with E-state index in [1.165, 1.54) is 4.90 Å². The third-order valence-corrected chi connectivity index (χ3v) is 5.39. The number of amides is 1. The predicted octanol–water partition coefficient (Wildman–Crippen LogP) is 3.61. The van der Waals surface area contributed by atoms with Crippen molar-refractivity contribution in [2.24, 2.45) is 0 Å². The minimum Gasteiger partial charge on any atom is -0.281 e. The molecule has 4 nitrogen and oxygen atoms in total. The van der Waals surface area contributed by atoms with Gasteiger partial charge in [-0.25, -0.2) is 0 Å². The van der Waals surface area contributed by atoms with E-state index in [2.05, 4.69) is 41.4 Å². The van der Waals surface area contributed by atoms with E-state index in [0.717, 1.165) is 17.0 Å². The van der Waals surface area contributed by atoms with Gasteiger partial charge in [0, 0.05) is 16.7 Å². The van der Waals surface area contributed by atoms with Crippen LogP contribution in [0.5, 0.6) is 0 Å².